The molecule has 28 heavy (non-hydrogen) atoms. The molecule has 0 radical (unpaired) electrons. The van der Waals surface area contributed by atoms with Crippen LogP contribution in [0.1, 0.15) is 29.8 Å². The molecule has 0 unspecified atom stereocenters. The van der Waals surface area contributed by atoms with E-state index >= 15 is 0 Å². The Morgan fingerprint density at radius 2 is 1.71 bits per heavy atom. The highest BCUT2D eigenvalue weighted by Crippen LogP contribution is 2.16. The molecule has 0 atom stereocenters. The van der Waals surface area contributed by atoms with Crippen molar-refractivity contribution in [3.05, 3.63) is 94.4 Å². The van der Waals surface area contributed by atoms with E-state index in [1.54, 1.807) is 36.4 Å². The standard InChI is InChI=1S/C24H23NO3/c1-3-25(4-2)20-15-13-18(14-16-20)9-5-7-11-22(26)21-17-19-10-6-8-12-23(19)28-24(21)27/h5-17H,3-4H2,1-2H3. The molecule has 3 rings (SSSR count). The van der Waals surface area contributed by atoms with E-state index in [0.717, 1.165) is 24.0 Å². The number of carbonyl (C=O) groups is 1. The quantitative estimate of drug-likeness (QED) is 0.250. The minimum Gasteiger partial charge on any atom is -0.422 e. The Morgan fingerprint density at radius 1 is 1.00 bits per heavy atom. The summed E-state index contributed by atoms with van der Waals surface area (Å²) in [5, 5.41) is 0.725. The predicted molar refractivity (Wildman–Crippen MR) is 115 cm³/mol. The Hall–Kier alpha value is -3.40. The third kappa shape index (κ3) is 4.46. The summed E-state index contributed by atoms with van der Waals surface area (Å²) in [5.74, 6) is -0.374. The van der Waals surface area contributed by atoms with Crippen molar-refractivity contribution in [2.45, 2.75) is 13.8 Å². The lowest BCUT2D eigenvalue weighted by molar-refractivity contribution is 0.104. The monoisotopic (exact) mass is 373 g/mol. The van der Waals surface area contributed by atoms with Gasteiger partial charge in [0.25, 0.3) is 0 Å². The van der Waals surface area contributed by atoms with Crippen molar-refractivity contribution in [2.24, 2.45) is 0 Å². The van der Waals surface area contributed by atoms with Crippen molar-refractivity contribution >= 4 is 28.5 Å². The molecule has 0 saturated heterocycles. The van der Waals surface area contributed by atoms with Gasteiger partial charge in [0, 0.05) is 24.2 Å². The van der Waals surface area contributed by atoms with Crippen LogP contribution in [0.5, 0.6) is 0 Å². The SMILES string of the molecule is CCN(CC)c1ccc(C=CC=CC(=O)c2cc3ccccc3oc2=O)cc1. The minimum atomic E-state index is -0.621. The van der Waals surface area contributed by atoms with Gasteiger partial charge in [-0.2, -0.15) is 0 Å². The molecule has 0 aliphatic heterocycles. The summed E-state index contributed by atoms with van der Waals surface area (Å²) in [5.41, 5.74) is 2.12. The summed E-state index contributed by atoms with van der Waals surface area (Å²) in [7, 11) is 0. The fourth-order valence-corrected chi connectivity index (χ4v) is 3.02. The van der Waals surface area contributed by atoms with Crippen LogP contribution in [-0.4, -0.2) is 18.9 Å². The van der Waals surface area contributed by atoms with E-state index in [1.807, 2.05) is 24.3 Å². The molecule has 0 aliphatic carbocycles. The van der Waals surface area contributed by atoms with Crippen LogP contribution in [0.2, 0.25) is 0 Å². The van der Waals surface area contributed by atoms with E-state index in [1.165, 1.54) is 11.8 Å². The Bertz CT molecular complexity index is 1070. The summed E-state index contributed by atoms with van der Waals surface area (Å²) < 4.78 is 5.21. The number of nitrogens with zero attached hydrogens (tertiary/aromatic N) is 1. The van der Waals surface area contributed by atoms with E-state index in [4.69, 9.17) is 4.42 Å². The number of ketones is 1. The van der Waals surface area contributed by atoms with Crippen LogP contribution < -0.4 is 10.5 Å². The largest absolute Gasteiger partial charge is 0.422 e. The van der Waals surface area contributed by atoms with Crippen molar-refractivity contribution in [3.8, 4) is 0 Å². The van der Waals surface area contributed by atoms with Crippen molar-refractivity contribution < 1.29 is 9.21 Å². The molecule has 1 aromatic heterocycles. The van der Waals surface area contributed by atoms with Gasteiger partial charge in [0.1, 0.15) is 11.1 Å². The summed E-state index contributed by atoms with van der Waals surface area (Å²) in [4.78, 5) is 26.6. The Morgan fingerprint density at radius 3 is 2.43 bits per heavy atom. The van der Waals surface area contributed by atoms with Crippen LogP contribution in [0.3, 0.4) is 0 Å². The number of hydrogen-bond acceptors (Lipinski definition) is 4. The van der Waals surface area contributed by atoms with Crippen LogP contribution in [0, 0.1) is 0 Å². The third-order valence-corrected chi connectivity index (χ3v) is 4.58. The maximum atomic E-state index is 12.3. The van der Waals surface area contributed by atoms with Gasteiger partial charge in [0.2, 0.25) is 0 Å². The van der Waals surface area contributed by atoms with Gasteiger partial charge in [-0.15, -0.1) is 0 Å². The van der Waals surface area contributed by atoms with Gasteiger partial charge in [0.05, 0.1) is 0 Å². The smallest absolute Gasteiger partial charge is 0.347 e. The van der Waals surface area contributed by atoms with Gasteiger partial charge >= 0.3 is 5.63 Å². The molecular weight excluding hydrogens is 350 g/mol. The lowest BCUT2D eigenvalue weighted by Crippen LogP contribution is -2.21. The highest BCUT2D eigenvalue weighted by atomic mass is 16.4. The number of hydrogen-bond donors (Lipinski definition) is 0. The number of rotatable bonds is 7. The van der Waals surface area contributed by atoms with Crippen LogP contribution in [-0.2, 0) is 0 Å². The number of benzene rings is 2. The third-order valence-electron chi connectivity index (χ3n) is 4.58. The number of para-hydroxylation sites is 1. The number of carbonyl (C=O) groups excluding carboxylic acids is 1. The van der Waals surface area contributed by atoms with Crippen LogP contribution in [0.4, 0.5) is 5.69 Å². The van der Waals surface area contributed by atoms with E-state index in [9.17, 15) is 9.59 Å². The first kappa shape index (κ1) is 19.4. The first-order valence-electron chi connectivity index (χ1n) is 9.39. The summed E-state index contributed by atoms with van der Waals surface area (Å²) in [6.45, 7) is 6.21. The second-order valence-electron chi connectivity index (χ2n) is 6.33. The molecule has 0 spiro atoms. The molecule has 0 fully saturated rings. The lowest BCUT2D eigenvalue weighted by Gasteiger charge is -2.20. The molecule has 0 amide bonds. The van der Waals surface area contributed by atoms with Gasteiger partial charge in [-0.25, -0.2) is 4.79 Å². The van der Waals surface area contributed by atoms with E-state index in [-0.39, 0.29) is 11.3 Å². The molecular formula is C24H23NO3. The maximum absolute atomic E-state index is 12.3. The Balaban J connectivity index is 1.69. The number of fused-ring (bicyclic) bond motifs is 1. The second-order valence-corrected chi connectivity index (χ2v) is 6.33. The average molecular weight is 373 g/mol. The van der Waals surface area contributed by atoms with Gasteiger partial charge in [0.15, 0.2) is 5.78 Å². The zero-order valence-electron chi connectivity index (χ0n) is 16.1. The summed E-state index contributed by atoms with van der Waals surface area (Å²) in [6.07, 6.45) is 6.71. The Kier molecular flexibility index (Phi) is 6.22. The van der Waals surface area contributed by atoms with Crippen molar-refractivity contribution in [3.63, 3.8) is 0 Å². The molecule has 0 bridgehead atoms. The molecule has 142 valence electrons. The highest BCUT2D eigenvalue weighted by Gasteiger charge is 2.10. The topological polar surface area (TPSA) is 50.5 Å². The van der Waals surface area contributed by atoms with Crippen LogP contribution >= 0.6 is 0 Å². The van der Waals surface area contributed by atoms with Gasteiger partial charge < -0.3 is 9.32 Å². The zero-order chi connectivity index (χ0) is 19.9. The first-order valence-corrected chi connectivity index (χ1v) is 9.39. The van der Waals surface area contributed by atoms with Crippen molar-refractivity contribution in [1.82, 2.24) is 0 Å². The fourth-order valence-electron chi connectivity index (χ4n) is 3.02. The first-order chi connectivity index (χ1) is 13.6. The van der Waals surface area contributed by atoms with E-state index < -0.39 is 5.63 Å². The molecule has 0 aliphatic rings. The highest BCUT2D eigenvalue weighted by molar-refractivity contribution is 6.05. The van der Waals surface area contributed by atoms with Gasteiger partial charge in [-0.3, -0.25) is 4.79 Å². The molecule has 0 saturated carbocycles. The van der Waals surface area contributed by atoms with Gasteiger partial charge in [-0.05, 0) is 49.8 Å². The van der Waals surface area contributed by atoms with E-state index in [0.29, 0.717) is 5.58 Å². The zero-order valence-corrected chi connectivity index (χ0v) is 16.1. The normalized spacial score (nSPS) is 11.5. The predicted octanol–water partition coefficient (Wildman–Crippen LogP) is 5.09. The van der Waals surface area contributed by atoms with Crippen molar-refractivity contribution in [1.29, 1.82) is 0 Å². The number of anilines is 1. The molecule has 0 N–H and O–H groups in total. The van der Waals surface area contributed by atoms with Gasteiger partial charge in [-0.1, -0.05) is 48.6 Å². The average Bonchev–Trinajstić information content (AvgIpc) is 2.72. The maximum Gasteiger partial charge on any atom is 0.347 e. The lowest BCUT2D eigenvalue weighted by atomic mass is 10.1. The van der Waals surface area contributed by atoms with Crippen LogP contribution in [0.25, 0.3) is 17.0 Å². The number of allylic oxidation sites excluding steroid dienone is 3. The fraction of sp³-hybridized carbons (Fsp3) is 0.167. The molecule has 4 heteroatoms. The second kappa shape index (κ2) is 9.00. The molecule has 2 aromatic carbocycles. The molecule has 3 aromatic rings. The van der Waals surface area contributed by atoms with Crippen molar-refractivity contribution in [2.75, 3.05) is 18.0 Å². The molecule has 4 nitrogen and oxygen atoms in total. The summed E-state index contributed by atoms with van der Waals surface area (Å²) in [6, 6.07) is 16.9. The molecule has 1 heterocycles. The Labute approximate surface area is 164 Å². The summed E-state index contributed by atoms with van der Waals surface area (Å²) >= 11 is 0. The van der Waals surface area contributed by atoms with Crippen LogP contribution in [0.15, 0.2) is 82.0 Å². The minimum absolute atomic E-state index is 0.0342. The van der Waals surface area contributed by atoms with E-state index in [2.05, 4.69) is 30.9 Å².